The van der Waals surface area contributed by atoms with E-state index in [2.05, 4.69) is 4.98 Å². The van der Waals surface area contributed by atoms with Crippen molar-refractivity contribution in [2.45, 2.75) is 0 Å². The van der Waals surface area contributed by atoms with Crippen LogP contribution in [0.3, 0.4) is 0 Å². The van der Waals surface area contributed by atoms with Gasteiger partial charge in [0.05, 0.1) is 0 Å². The Labute approximate surface area is 70.7 Å². The predicted molar refractivity (Wildman–Crippen MR) is 25.3 cm³/mol. The van der Waals surface area contributed by atoms with Crippen molar-refractivity contribution in [3.05, 3.63) is 30.3 Å². The van der Waals surface area contributed by atoms with Crippen LogP contribution in [-0.2, 0) is 0 Å². The van der Waals surface area contributed by atoms with Crippen molar-refractivity contribution in [1.29, 1.82) is 0 Å². The summed E-state index contributed by atoms with van der Waals surface area (Å²) >= 11 is 0. The molecular formula is C5H5FNNa. The molecule has 1 aromatic rings. The van der Waals surface area contributed by atoms with Gasteiger partial charge in [-0.25, -0.2) is 4.98 Å². The van der Waals surface area contributed by atoms with Crippen molar-refractivity contribution >= 4 is 0 Å². The summed E-state index contributed by atoms with van der Waals surface area (Å²) in [6.45, 7) is 0. The fourth-order valence-electron chi connectivity index (χ4n) is 0.342. The molecule has 8 heavy (non-hydrogen) atoms. The number of rotatable bonds is 0. The van der Waals surface area contributed by atoms with Crippen LogP contribution in [0.5, 0.6) is 0 Å². The second-order valence-corrected chi connectivity index (χ2v) is 1.15. The fraction of sp³-hybridized carbons (Fsp3) is 0. The van der Waals surface area contributed by atoms with Gasteiger partial charge in [-0.15, -0.1) is 0 Å². The summed E-state index contributed by atoms with van der Waals surface area (Å²) in [6.07, 6.45) is 1.41. The van der Waals surface area contributed by atoms with E-state index in [4.69, 9.17) is 0 Å². The molecule has 38 valence electrons. The maximum atomic E-state index is 11.8. The first-order valence-electron chi connectivity index (χ1n) is 1.96. The number of halogens is 1. The number of aromatic nitrogens is 1. The third-order valence-electron chi connectivity index (χ3n) is 0.629. The van der Waals surface area contributed by atoms with Crippen molar-refractivity contribution < 1.29 is 35.4 Å². The first-order chi connectivity index (χ1) is 3.39. The molecule has 0 fully saturated rings. The summed E-state index contributed by atoms with van der Waals surface area (Å²) in [4.78, 5) is 3.31. The molecule has 0 bridgehead atoms. The monoisotopic (exact) mass is 121 g/mol. The second-order valence-electron chi connectivity index (χ2n) is 1.15. The van der Waals surface area contributed by atoms with E-state index in [0.717, 1.165) is 0 Å². The van der Waals surface area contributed by atoms with Gasteiger partial charge in [0.15, 0.2) is 0 Å². The average Bonchev–Trinajstić information content (AvgIpc) is 1.69. The zero-order valence-corrected chi connectivity index (χ0v) is 6.63. The predicted octanol–water partition coefficient (Wildman–Crippen LogP) is -1.66. The number of hydrogen-bond donors (Lipinski definition) is 0. The molecular weight excluding hydrogens is 116 g/mol. The maximum absolute atomic E-state index is 11.8. The van der Waals surface area contributed by atoms with E-state index in [-0.39, 0.29) is 31.0 Å². The van der Waals surface area contributed by atoms with E-state index < -0.39 is 5.95 Å². The minimum atomic E-state index is -0.428. The Balaban J connectivity index is 0. The Morgan fingerprint density at radius 2 is 2.25 bits per heavy atom. The van der Waals surface area contributed by atoms with Crippen LogP contribution >= 0.6 is 0 Å². The van der Waals surface area contributed by atoms with Gasteiger partial charge in [-0.2, -0.15) is 4.39 Å². The molecule has 0 aliphatic rings. The first kappa shape index (κ1) is 8.08. The normalized spacial score (nSPS) is 7.62. The largest absolute Gasteiger partial charge is 1.00 e. The molecule has 0 saturated carbocycles. The molecule has 0 aliphatic carbocycles. The van der Waals surface area contributed by atoms with Crippen molar-refractivity contribution in [2.24, 2.45) is 0 Å². The van der Waals surface area contributed by atoms with Crippen LogP contribution in [0.15, 0.2) is 24.4 Å². The van der Waals surface area contributed by atoms with E-state index in [1.165, 1.54) is 12.3 Å². The van der Waals surface area contributed by atoms with Crippen LogP contribution in [0, 0.1) is 5.95 Å². The third kappa shape index (κ3) is 2.40. The van der Waals surface area contributed by atoms with Gasteiger partial charge in [0, 0.05) is 6.20 Å². The Hall–Kier alpha value is 0.0800. The van der Waals surface area contributed by atoms with E-state index in [9.17, 15) is 4.39 Å². The van der Waals surface area contributed by atoms with Gasteiger partial charge in [-0.3, -0.25) is 0 Å². The molecule has 0 atom stereocenters. The molecule has 0 N–H and O–H groups in total. The SMILES string of the molecule is Fc1ccccn1.[H-].[Na+]. The van der Waals surface area contributed by atoms with Crippen LogP contribution in [0.4, 0.5) is 4.39 Å². The molecule has 0 spiro atoms. The minimum absolute atomic E-state index is 0. The standard InChI is InChI=1S/C5H4FN.Na.H/c6-5-3-1-2-4-7-5;;/h1-4H;;/q;+1;-1. The topological polar surface area (TPSA) is 12.9 Å². The molecule has 0 unspecified atom stereocenters. The van der Waals surface area contributed by atoms with Crippen LogP contribution in [-0.4, -0.2) is 4.98 Å². The number of hydrogen-bond acceptors (Lipinski definition) is 1. The molecule has 3 heteroatoms. The van der Waals surface area contributed by atoms with E-state index in [0.29, 0.717) is 0 Å². The molecule has 0 aromatic carbocycles. The van der Waals surface area contributed by atoms with Gasteiger partial charge in [-0.1, -0.05) is 6.07 Å². The minimum Gasteiger partial charge on any atom is -1.00 e. The summed E-state index contributed by atoms with van der Waals surface area (Å²) in [6, 6.07) is 4.57. The van der Waals surface area contributed by atoms with Crippen molar-refractivity contribution in [3.63, 3.8) is 0 Å². The summed E-state index contributed by atoms with van der Waals surface area (Å²) < 4.78 is 11.8. The van der Waals surface area contributed by atoms with E-state index in [1.54, 1.807) is 12.1 Å². The average molecular weight is 121 g/mol. The Bertz CT molecular complexity index is 147. The Morgan fingerprint density at radius 1 is 1.50 bits per heavy atom. The zero-order chi connectivity index (χ0) is 5.11. The van der Waals surface area contributed by atoms with Crippen molar-refractivity contribution in [1.82, 2.24) is 4.98 Å². The molecule has 0 aliphatic heterocycles. The summed E-state index contributed by atoms with van der Waals surface area (Å²) in [5.41, 5.74) is 0. The van der Waals surface area contributed by atoms with Crippen LogP contribution in [0.2, 0.25) is 0 Å². The zero-order valence-electron chi connectivity index (χ0n) is 5.63. The van der Waals surface area contributed by atoms with Crippen molar-refractivity contribution in [2.75, 3.05) is 0 Å². The molecule has 1 aromatic heterocycles. The Morgan fingerprint density at radius 3 is 2.50 bits per heavy atom. The van der Waals surface area contributed by atoms with Crippen LogP contribution < -0.4 is 29.6 Å². The Kier molecular flexibility index (Phi) is 4.05. The quantitative estimate of drug-likeness (QED) is 0.295. The molecule has 0 amide bonds. The summed E-state index contributed by atoms with van der Waals surface area (Å²) in [7, 11) is 0. The van der Waals surface area contributed by atoms with Gasteiger partial charge in [0.25, 0.3) is 0 Å². The smallest absolute Gasteiger partial charge is 1.00 e. The van der Waals surface area contributed by atoms with E-state index in [1.807, 2.05) is 0 Å². The molecule has 0 saturated heterocycles. The third-order valence-corrected chi connectivity index (χ3v) is 0.629. The van der Waals surface area contributed by atoms with Crippen LogP contribution in [0.25, 0.3) is 0 Å². The molecule has 0 radical (unpaired) electrons. The fourth-order valence-corrected chi connectivity index (χ4v) is 0.342. The van der Waals surface area contributed by atoms with Crippen molar-refractivity contribution in [3.8, 4) is 0 Å². The van der Waals surface area contributed by atoms with Gasteiger partial charge in [-0.05, 0) is 12.1 Å². The van der Waals surface area contributed by atoms with Gasteiger partial charge >= 0.3 is 29.6 Å². The summed E-state index contributed by atoms with van der Waals surface area (Å²) in [5.74, 6) is -0.428. The molecule has 1 rings (SSSR count). The van der Waals surface area contributed by atoms with Gasteiger partial charge < -0.3 is 1.43 Å². The summed E-state index contributed by atoms with van der Waals surface area (Å²) in [5, 5.41) is 0. The number of nitrogens with zero attached hydrogens (tertiary/aromatic N) is 1. The molecule has 1 nitrogen and oxygen atoms in total. The second kappa shape index (κ2) is 4.01. The van der Waals surface area contributed by atoms with E-state index >= 15 is 0 Å². The van der Waals surface area contributed by atoms with Gasteiger partial charge in [0.2, 0.25) is 5.95 Å². The van der Waals surface area contributed by atoms with Crippen LogP contribution in [0.1, 0.15) is 1.43 Å². The maximum Gasteiger partial charge on any atom is 1.00 e. The first-order valence-corrected chi connectivity index (χ1v) is 1.96. The molecule has 1 heterocycles. The van der Waals surface area contributed by atoms with Gasteiger partial charge in [0.1, 0.15) is 0 Å². The number of pyridine rings is 1.